The van der Waals surface area contributed by atoms with Gasteiger partial charge in [-0.1, -0.05) is 102 Å². The second-order valence-electron chi connectivity index (χ2n) is 21.1. The van der Waals surface area contributed by atoms with Gasteiger partial charge in [-0.05, 0) is 114 Å². The quantitative estimate of drug-likeness (QED) is 0.0703. The van der Waals surface area contributed by atoms with E-state index in [0.29, 0.717) is 6.42 Å². The van der Waals surface area contributed by atoms with Gasteiger partial charge in [0.25, 0.3) is 0 Å². The second-order valence-corrected chi connectivity index (χ2v) is 32.6. The summed E-state index contributed by atoms with van der Waals surface area (Å²) < 4.78 is 24.6. The topological polar surface area (TPSA) is 150 Å². The summed E-state index contributed by atoms with van der Waals surface area (Å²) in [5.41, 5.74) is 7.91. The number of nitrogens with one attached hydrogen (secondary N) is 2. The lowest BCUT2D eigenvalue weighted by molar-refractivity contribution is -0.139. The van der Waals surface area contributed by atoms with E-state index in [2.05, 4.69) is 135 Å². The van der Waals surface area contributed by atoms with Gasteiger partial charge in [-0.15, -0.1) is 22.7 Å². The summed E-state index contributed by atoms with van der Waals surface area (Å²) in [5, 5.41) is 16.3. The minimum atomic E-state index is -1.93. The van der Waals surface area contributed by atoms with Crippen molar-refractivity contribution in [1.82, 2.24) is 19.9 Å². The number of aromatic nitrogens is 4. The van der Waals surface area contributed by atoms with Crippen LogP contribution in [0.5, 0.6) is 11.5 Å². The van der Waals surface area contributed by atoms with E-state index in [4.69, 9.17) is 23.4 Å². The van der Waals surface area contributed by atoms with Gasteiger partial charge in [0.05, 0.1) is 34.0 Å². The molecule has 4 aromatic heterocycles. The van der Waals surface area contributed by atoms with Gasteiger partial charge >= 0.3 is 5.97 Å². The highest BCUT2D eigenvalue weighted by Gasteiger charge is 2.40. The number of aliphatic hydroxyl groups is 1. The van der Waals surface area contributed by atoms with Crippen LogP contribution in [0.3, 0.4) is 0 Å². The Kier molecular flexibility index (Phi) is 17.9. The molecular formula is C57H70N6O6S2Si2. The lowest BCUT2D eigenvalue weighted by Gasteiger charge is -2.36. The smallest absolute Gasteiger partial charge is 0.309 e. The SMILES string of the molecule is C1CCOC1.CC(C)(C)[Si](C)(C)Oc1cccc(Nc2ncnc3cc(-c4ccc(CCO)cc4)sc23)c1.COC(=O)Cc1ccc(-c2cc3ncnc(Nc4cccc(O[Si](C)(C)C(C)(C)C)c4)c3s2)cc1. The number of methoxy groups -OCH3 is 1. The minimum absolute atomic E-state index is 0.125. The average Bonchev–Trinajstić information content (AvgIpc) is 4.16. The summed E-state index contributed by atoms with van der Waals surface area (Å²) in [5.74, 6) is 3.05. The Morgan fingerprint density at radius 3 is 1.45 bits per heavy atom. The zero-order valence-corrected chi connectivity index (χ0v) is 47.7. The molecule has 0 unspecified atom stereocenters. The predicted octanol–water partition coefficient (Wildman–Crippen LogP) is 15.0. The van der Waals surface area contributed by atoms with Crippen molar-refractivity contribution in [2.45, 2.75) is 103 Å². The molecule has 384 valence electrons. The molecule has 12 nitrogen and oxygen atoms in total. The molecule has 16 heteroatoms. The summed E-state index contributed by atoms with van der Waals surface area (Å²) in [4.78, 5) is 31.7. The molecule has 73 heavy (non-hydrogen) atoms. The van der Waals surface area contributed by atoms with E-state index >= 15 is 0 Å². The number of thiophene rings is 2. The first-order valence-electron chi connectivity index (χ1n) is 24.8. The standard InChI is InChI=1S/C27H31N3O3SSi.C26H31N3O2SSi.C4H8O/c1-27(2,3)35(5,6)33-21-9-7-8-20(15-21)30-26-25-22(28-17-29-26)16-23(34-25)19-12-10-18(11-13-19)14-24(31)32-4;1-26(2,3)33(4,5)31-21-8-6-7-20(15-21)29-25-24-22(27-17-28-25)16-23(32-24)19-11-9-18(10-12-19)13-14-30;1-2-4-5-3-1/h7-13,15-17H,14H2,1-6H3,(H,28,29,30);6-12,15-17,30H,13-14H2,1-5H3,(H,27,28,29);1-4H2. The number of ether oxygens (including phenoxy) is 2. The second kappa shape index (κ2) is 23.9. The van der Waals surface area contributed by atoms with Gasteiger partial charge in [0.15, 0.2) is 11.6 Å². The van der Waals surface area contributed by atoms with Crippen LogP contribution >= 0.6 is 22.7 Å². The minimum Gasteiger partial charge on any atom is -0.543 e. The maximum atomic E-state index is 11.5. The predicted molar refractivity (Wildman–Crippen MR) is 307 cm³/mol. The van der Waals surface area contributed by atoms with Crippen LogP contribution < -0.4 is 19.5 Å². The van der Waals surface area contributed by atoms with Crippen LogP contribution in [0.1, 0.15) is 65.5 Å². The van der Waals surface area contributed by atoms with Crippen LogP contribution in [0.25, 0.3) is 41.3 Å². The Balaban J connectivity index is 0.000000195. The van der Waals surface area contributed by atoms with E-state index in [1.54, 1.807) is 35.3 Å². The number of hydrogen-bond donors (Lipinski definition) is 3. The van der Waals surface area contributed by atoms with Crippen molar-refractivity contribution in [3.05, 3.63) is 133 Å². The van der Waals surface area contributed by atoms with E-state index in [9.17, 15) is 4.79 Å². The first kappa shape index (κ1) is 54.8. The molecule has 9 rings (SSSR count). The van der Waals surface area contributed by atoms with Gasteiger partial charge in [0.2, 0.25) is 16.6 Å². The normalized spacial score (nSPS) is 12.9. The zero-order chi connectivity index (χ0) is 52.4. The van der Waals surface area contributed by atoms with Crippen LogP contribution in [-0.2, 0) is 27.1 Å². The van der Waals surface area contributed by atoms with Gasteiger partial charge in [-0.2, -0.15) is 0 Å². The first-order valence-corrected chi connectivity index (χ1v) is 32.2. The molecule has 8 aromatic rings. The van der Waals surface area contributed by atoms with Crippen LogP contribution in [0.4, 0.5) is 23.0 Å². The van der Waals surface area contributed by atoms with Crippen LogP contribution in [-0.4, -0.2) is 74.6 Å². The molecule has 1 fully saturated rings. The number of fused-ring (bicyclic) bond motifs is 2. The van der Waals surface area contributed by atoms with Crippen molar-refractivity contribution in [2.24, 2.45) is 0 Å². The van der Waals surface area contributed by atoms with Gasteiger partial charge < -0.3 is 34.1 Å². The zero-order valence-electron chi connectivity index (χ0n) is 44.1. The van der Waals surface area contributed by atoms with E-state index < -0.39 is 16.6 Å². The number of rotatable bonds is 14. The fourth-order valence-corrected chi connectivity index (χ4v) is 11.3. The van der Waals surface area contributed by atoms with Gasteiger partial charge in [-0.25, -0.2) is 19.9 Å². The van der Waals surface area contributed by atoms with Gasteiger partial charge in [0.1, 0.15) is 24.2 Å². The number of hydrogen-bond acceptors (Lipinski definition) is 14. The highest BCUT2D eigenvalue weighted by Crippen LogP contribution is 2.42. The number of esters is 1. The fourth-order valence-electron chi connectivity index (χ4n) is 7.12. The molecule has 0 bridgehead atoms. The van der Waals surface area contributed by atoms with Crippen molar-refractivity contribution in [1.29, 1.82) is 0 Å². The molecule has 1 aliphatic heterocycles. The molecule has 1 saturated heterocycles. The van der Waals surface area contributed by atoms with Crippen LogP contribution in [0.2, 0.25) is 36.3 Å². The number of carbonyl (C=O) groups excluding carboxylic acids is 1. The molecule has 0 saturated carbocycles. The Bertz CT molecular complexity index is 3080. The molecular weight excluding hydrogens is 985 g/mol. The number of anilines is 4. The monoisotopic (exact) mass is 1050 g/mol. The van der Waals surface area contributed by atoms with Crippen molar-refractivity contribution < 1.29 is 28.2 Å². The van der Waals surface area contributed by atoms with E-state index in [1.165, 1.54) is 20.0 Å². The Morgan fingerprint density at radius 1 is 0.630 bits per heavy atom. The Hall–Kier alpha value is -6.02. The third kappa shape index (κ3) is 14.6. The first-order chi connectivity index (χ1) is 34.7. The largest absolute Gasteiger partial charge is 0.543 e. The van der Waals surface area contributed by atoms with E-state index in [-0.39, 0.29) is 29.1 Å². The molecule has 1 aliphatic rings. The Morgan fingerprint density at radius 2 is 1.07 bits per heavy atom. The third-order valence-electron chi connectivity index (χ3n) is 13.5. The summed E-state index contributed by atoms with van der Waals surface area (Å²) in [6.45, 7) is 24.6. The molecule has 0 amide bonds. The summed E-state index contributed by atoms with van der Waals surface area (Å²) in [6, 6.07) is 36.6. The fraction of sp³-hybridized carbons (Fsp3) is 0.351. The molecule has 3 N–H and O–H groups in total. The molecule has 0 radical (unpaired) electrons. The van der Waals surface area contributed by atoms with Crippen molar-refractivity contribution in [3.8, 4) is 32.4 Å². The highest BCUT2D eigenvalue weighted by atomic mass is 32.1. The molecule has 0 atom stereocenters. The molecule has 0 spiro atoms. The molecule has 0 aliphatic carbocycles. The summed E-state index contributed by atoms with van der Waals surface area (Å²) in [7, 11) is -2.44. The number of aliphatic hydroxyl groups excluding tert-OH is 1. The third-order valence-corrected chi connectivity index (χ3v) is 24.5. The van der Waals surface area contributed by atoms with E-state index in [1.807, 2.05) is 72.8 Å². The maximum Gasteiger partial charge on any atom is 0.309 e. The maximum absolute atomic E-state index is 11.5. The van der Waals surface area contributed by atoms with Crippen LogP contribution in [0, 0.1) is 0 Å². The van der Waals surface area contributed by atoms with Crippen LogP contribution in [0.15, 0.2) is 122 Å². The van der Waals surface area contributed by atoms with Crippen molar-refractivity contribution in [3.63, 3.8) is 0 Å². The average molecular weight is 1060 g/mol. The van der Waals surface area contributed by atoms with Crippen molar-refractivity contribution in [2.75, 3.05) is 37.6 Å². The van der Waals surface area contributed by atoms with E-state index in [0.717, 1.165) is 100 Å². The summed E-state index contributed by atoms with van der Waals surface area (Å²) in [6.07, 6.45) is 6.67. The lowest BCUT2D eigenvalue weighted by atomic mass is 10.1. The van der Waals surface area contributed by atoms with Gasteiger partial charge in [-0.3, -0.25) is 4.79 Å². The molecule has 5 heterocycles. The Labute approximate surface area is 440 Å². The molecule has 4 aromatic carbocycles. The number of carbonyl (C=O) groups is 1. The lowest BCUT2D eigenvalue weighted by Crippen LogP contribution is -2.43. The van der Waals surface area contributed by atoms with Crippen molar-refractivity contribution >= 4 is 88.7 Å². The highest BCUT2D eigenvalue weighted by molar-refractivity contribution is 7.23. The number of benzene rings is 4. The number of nitrogens with zero attached hydrogens (tertiary/aromatic N) is 4. The summed E-state index contributed by atoms with van der Waals surface area (Å²) >= 11 is 3.31. The van der Waals surface area contributed by atoms with Gasteiger partial charge in [0, 0.05) is 53.1 Å².